The van der Waals surface area contributed by atoms with E-state index in [1.807, 2.05) is 0 Å². The Balaban J connectivity index is 2.23. The van der Waals surface area contributed by atoms with Gasteiger partial charge in [-0.05, 0) is 49.9 Å². The molecule has 0 bridgehead atoms. The maximum atomic E-state index is 13.9. The molecule has 0 aliphatic carbocycles. The van der Waals surface area contributed by atoms with Gasteiger partial charge in [0.05, 0.1) is 12.4 Å². The lowest BCUT2D eigenvalue weighted by Gasteiger charge is -2.23. The summed E-state index contributed by atoms with van der Waals surface area (Å²) in [6.07, 6.45) is -0.558. The SMILES string of the molecule is Cc1cc(C)c(P(=O)(O)COCC(=O)O)c(COP(=O)(COCCCCS(=O)(=O)O)c2ccccc2)c1. The summed E-state index contributed by atoms with van der Waals surface area (Å²) in [5.41, 5.74) is 1.57. The Hall–Kier alpha value is -1.88. The van der Waals surface area contributed by atoms with E-state index in [0.29, 0.717) is 22.9 Å². The van der Waals surface area contributed by atoms with E-state index in [1.165, 1.54) is 0 Å². The van der Waals surface area contributed by atoms with E-state index < -0.39 is 49.5 Å². The summed E-state index contributed by atoms with van der Waals surface area (Å²) in [4.78, 5) is 21.4. The molecule has 2 rings (SSSR count). The van der Waals surface area contributed by atoms with Crippen LogP contribution in [-0.2, 0) is 44.6 Å². The Morgan fingerprint density at radius 1 is 1.00 bits per heavy atom. The van der Waals surface area contributed by atoms with Crippen molar-refractivity contribution in [3.05, 3.63) is 59.2 Å². The van der Waals surface area contributed by atoms with Crippen LogP contribution in [0.1, 0.15) is 29.5 Å². The lowest BCUT2D eigenvalue weighted by Crippen LogP contribution is -2.21. The zero-order valence-corrected chi connectivity index (χ0v) is 23.2. The third-order valence-electron chi connectivity index (χ3n) is 5.15. The monoisotopic (exact) mass is 578 g/mol. The highest BCUT2D eigenvalue weighted by Gasteiger charge is 2.31. The molecule has 206 valence electrons. The van der Waals surface area contributed by atoms with Crippen molar-refractivity contribution in [2.45, 2.75) is 33.3 Å². The van der Waals surface area contributed by atoms with Gasteiger partial charge >= 0.3 is 5.97 Å². The Labute approximate surface area is 216 Å². The van der Waals surface area contributed by atoms with Gasteiger partial charge in [-0.25, -0.2) is 4.79 Å². The second-order valence-corrected chi connectivity index (χ2v) is 14.5. The average Bonchev–Trinajstić information content (AvgIpc) is 2.79. The molecular weight excluding hydrogens is 546 g/mol. The van der Waals surface area contributed by atoms with Gasteiger partial charge in [-0.2, -0.15) is 8.42 Å². The lowest BCUT2D eigenvalue weighted by atomic mass is 10.1. The fourth-order valence-electron chi connectivity index (χ4n) is 3.67. The van der Waals surface area contributed by atoms with Crippen LogP contribution in [0.2, 0.25) is 0 Å². The summed E-state index contributed by atoms with van der Waals surface area (Å²) < 4.78 is 73.8. The number of carboxylic acid groups (broad SMARTS) is 1. The first-order valence-electron chi connectivity index (χ1n) is 11.3. The molecule has 2 atom stereocenters. The molecule has 0 aromatic heterocycles. The van der Waals surface area contributed by atoms with Crippen molar-refractivity contribution in [3.8, 4) is 0 Å². The summed E-state index contributed by atoms with van der Waals surface area (Å²) in [7, 11) is -11.9. The minimum absolute atomic E-state index is 0.0502. The molecule has 2 unspecified atom stereocenters. The van der Waals surface area contributed by atoms with E-state index in [9.17, 15) is 27.2 Å². The van der Waals surface area contributed by atoms with E-state index in [1.54, 1.807) is 56.3 Å². The summed E-state index contributed by atoms with van der Waals surface area (Å²) in [6.45, 7) is 2.48. The van der Waals surface area contributed by atoms with Gasteiger partial charge in [-0.1, -0.05) is 35.9 Å². The van der Waals surface area contributed by atoms with Gasteiger partial charge in [0, 0.05) is 17.2 Å². The number of benzene rings is 2. The molecule has 3 N–H and O–H groups in total. The predicted octanol–water partition coefficient (Wildman–Crippen LogP) is 3.02. The number of carbonyl (C=O) groups is 1. The molecule has 11 nitrogen and oxygen atoms in total. The maximum Gasteiger partial charge on any atom is 0.329 e. The molecule has 0 aliphatic rings. The predicted molar refractivity (Wildman–Crippen MR) is 139 cm³/mol. The summed E-state index contributed by atoms with van der Waals surface area (Å²) >= 11 is 0. The van der Waals surface area contributed by atoms with E-state index in [0.717, 1.165) is 5.56 Å². The van der Waals surface area contributed by atoms with Crippen LogP contribution >= 0.6 is 14.7 Å². The van der Waals surface area contributed by atoms with Gasteiger partial charge in [0.15, 0.2) is 0 Å². The molecule has 0 radical (unpaired) electrons. The third-order valence-corrected chi connectivity index (χ3v) is 9.97. The van der Waals surface area contributed by atoms with E-state index >= 15 is 0 Å². The second kappa shape index (κ2) is 13.8. The van der Waals surface area contributed by atoms with Crippen molar-refractivity contribution in [2.24, 2.45) is 0 Å². The topological polar surface area (TPSA) is 174 Å². The van der Waals surface area contributed by atoms with Crippen molar-refractivity contribution in [3.63, 3.8) is 0 Å². The maximum absolute atomic E-state index is 13.9. The normalized spacial score (nSPS) is 15.1. The van der Waals surface area contributed by atoms with Crippen LogP contribution in [0, 0.1) is 13.8 Å². The number of hydrogen-bond donors (Lipinski definition) is 3. The molecule has 0 amide bonds. The van der Waals surface area contributed by atoms with Crippen molar-refractivity contribution < 1.29 is 50.9 Å². The molecule has 14 heteroatoms. The minimum atomic E-state index is -4.15. The number of carboxylic acids is 1. The molecule has 0 saturated carbocycles. The van der Waals surface area contributed by atoms with Crippen LogP contribution in [0.25, 0.3) is 0 Å². The standard InChI is InChI=1S/C23H32O11P2S/c1-18-12-19(2)23(35(26,27)16-33-15-22(24)25)20(13-18)14-34-36(28,21-8-4-3-5-9-21)17-32-10-6-7-11-37(29,30)31/h3-5,8-9,12-13H,6-7,10-11,14-17H2,1-2H3,(H,24,25)(H,26,27)(H,29,30,31). The largest absolute Gasteiger partial charge is 0.480 e. The van der Waals surface area contributed by atoms with Gasteiger partial charge in [0.25, 0.3) is 24.9 Å². The first-order chi connectivity index (χ1) is 17.2. The molecule has 37 heavy (non-hydrogen) atoms. The number of unbranched alkanes of at least 4 members (excludes halogenated alkanes) is 1. The van der Waals surface area contributed by atoms with Crippen LogP contribution in [0.4, 0.5) is 0 Å². The third kappa shape index (κ3) is 10.4. The Morgan fingerprint density at radius 2 is 1.68 bits per heavy atom. The highest BCUT2D eigenvalue weighted by Crippen LogP contribution is 2.48. The molecule has 2 aromatic carbocycles. The number of aryl methyl sites for hydroxylation is 2. The fraction of sp³-hybridized carbons (Fsp3) is 0.435. The van der Waals surface area contributed by atoms with E-state index in [2.05, 4.69) is 0 Å². The molecule has 2 aromatic rings. The molecule has 0 heterocycles. The zero-order chi connectivity index (χ0) is 27.7. The number of hydrogen-bond acceptors (Lipinski definition) is 8. The quantitative estimate of drug-likeness (QED) is 0.152. The van der Waals surface area contributed by atoms with Crippen molar-refractivity contribution in [1.82, 2.24) is 0 Å². The molecular formula is C23H32O11P2S. The van der Waals surface area contributed by atoms with E-state index in [4.69, 9.17) is 23.7 Å². The fourth-order valence-corrected chi connectivity index (χ4v) is 7.61. The Bertz CT molecular complexity index is 1260. The number of rotatable bonds is 16. The van der Waals surface area contributed by atoms with Gasteiger partial charge in [-0.3, -0.25) is 13.7 Å². The van der Waals surface area contributed by atoms with Crippen LogP contribution in [0.3, 0.4) is 0 Å². The Morgan fingerprint density at radius 3 is 2.30 bits per heavy atom. The number of ether oxygens (including phenoxy) is 2. The summed E-state index contributed by atoms with van der Waals surface area (Å²) in [6, 6.07) is 11.7. The Kier molecular flexibility index (Phi) is 11.7. The van der Waals surface area contributed by atoms with E-state index in [-0.39, 0.29) is 31.3 Å². The van der Waals surface area contributed by atoms with Gasteiger partial charge in [0.1, 0.15) is 19.3 Å². The molecule has 0 fully saturated rings. The highest BCUT2D eigenvalue weighted by molar-refractivity contribution is 7.85. The van der Waals surface area contributed by atoms with Gasteiger partial charge in [-0.15, -0.1) is 0 Å². The van der Waals surface area contributed by atoms with Crippen molar-refractivity contribution in [2.75, 3.05) is 31.7 Å². The van der Waals surface area contributed by atoms with Crippen LogP contribution in [-0.4, -0.2) is 60.6 Å². The zero-order valence-electron chi connectivity index (χ0n) is 20.6. The minimum Gasteiger partial charge on any atom is -0.480 e. The van der Waals surface area contributed by atoms with Gasteiger partial charge < -0.3 is 24.0 Å². The average molecular weight is 579 g/mol. The number of aliphatic carboxylic acids is 1. The van der Waals surface area contributed by atoms with Crippen molar-refractivity contribution in [1.29, 1.82) is 0 Å². The van der Waals surface area contributed by atoms with Crippen molar-refractivity contribution >= 4 is 41.4 Å². The first kappa shape index (κ1) is 31.3. The van der Waals surface area contributed by atoms with Gasteiger partial charge in [0.2, 0.25) is 0 Å². The second-order valence-electron chi connectivity index (χ2n) is 8.48. The van der Waals surface area contributed by atoms with Crippen LogP contribution in [0.15, 0.2) is 42.5 Å². The first-order valence-corrected chi connectivity index (χ1v) is 16.5. The molecule has 0 aliphatic heterocycles. The van der Waals surface area contributed by atoms with Crippen LogP contribution in [0.5, 0.6) is 0 Å². The molecule has 0 spiro atoms. The smallest absolute Gasteiger partial charge is 0.329 e. The highest BCUT2D eigenvalue weighted by atomic mass is 32.2. The summed E-state index contributed by atoms with van der Waals surface area (Å²) in [5.74, 6) is -1.68. The molecule has 0 saturated heterocycles. The van der Waals surface area contributed by atoms with Crippen LogP contribution < -0.4 is 10.6 Å². The lowest BCUT2D eigenvalue weighted by molar-refractivity contribution is -0.141. The summed E-state index contributed by atoms with van der Waals surface area (Å²) in [5, 5.41) is 9.19.